The lowest BCUT2D eigenvalue weighted by Crippen LogP contribution is -2.54. The number of ether oxygens (including phenoxy) is 3. The molecule has 1 heterocycles. The Kier molecular flexibility index (Phi) is 8.51. The van der Waals surface area contributed by atoms with E-state index in [2.05, 4.69) is 0 Å². The predicted molar refractivity (Wildman–Crippen MR) is 114 cm³/mol. The van der Waals surface area contributed by atoms with Gasteiger partial charge in [-0.25, -0.2) is 0 Å². The van der Waals surface area contributed by atoms with Crippen LogP contribution in [-0.2, 0) is 9.47 Å². The van der Waals surface area contributed by atoms with Crippen molar-refractivity contribution in [2.24, 2.45) is 0 Å². The van der Waals surface area contributed by atoms with Crippen LogP contribution < -0.4 is 4.74 Å². The van der Waals surface area contributed by atoms with Crippen LogP contribution in [0.5, 0.6) is 5.75 Å². The van der Waals surface area contributed by atoms with Crippen LogP contribution in [-0.4, -0.2) is 70.6 Å². The molecule has 5 atom stereocenters. The highest BCUT2D eigenvalue weighted by Gasteiger charge is 2.44. The first-order valence-electron chi connectivity index (χ1n) is 10.2. The van der Waals surface area contributed by atoms with Gasteiger partial charge in [-0.05, 0) is 56.6 Å². The van der Waals surface area contributed by atoms with Crippen LogP contribution >= 0.6 is 23.4 Å². The number of thioether (sulfide) groups is 1. The standard InChI is InChI=1S/C21H31ClO6S/c1-3-26-13-5-7-14(8-6-13)27-16-10-12(4-9-15(16)22)21-20(25)19(24)18(23)17(28-21)11-29-2/h4,9-10,13-14,17-21,23-25H,3,5-8,11H2,1-2H3/t13?,14?,17-,18-,19+,20-,21+/m1/s1. The zero-order chi connectivity index (χ0) is 21.0. The zero-order valence-corrected chi connectivity index (χ0v) is 18.4. The minimum Gasteiger partial charge on any atom is -0.489 e. The van der Waals surface area contributed by atoms with Gasteiger partial charge in [0.1, 0.15) is 30.2 Å². The van der Waals surface area contributed by atoms with Crippen molar-refractivity contribution in [3.63, 3.8) is 0 Å². The molecular formula is C21H31ClO6S. The summed E-state index contributed by atoms with van der Waals surface area (Å²) in [5.41, 5.74) is 0.664. The Labute approximate surface area is 181 Å². The molecule has 29 heavy (non-hydrogen) atoms. The second kappa shape index (κ2) is 10.7. The maximum Gasteiger partial charge on any atom is 0.138 e. The molecule has 1 aromatic rings. The van der Waals surface area contributed by atoms with Gasteiger partial charge in [0.25, 0.3) is 0 Å². The van der Waals surface area contributed by atoms with E-state index in [4.69, 9.17) is 25.8 Å². The highest BCUT2D eigenvalue weighted by molar-refractivity contribution is 7.98. The van der Waals surface area contributed by atoms with Crippen molar-refractivity contribution in [2.45, 2.75) is 75.3 Å². The van der Waals surface area contributed by atoms with Crippen molar-refractivity contribution < 1.29 is 29.5 Å². The summed E-state index contributed by atoms with van der Waals surface area (Å²) in [6.07, 6.45) is 1.00. The van der Waals surface area contributed by atoms with E-state index in [9.17, 15) is 15.3 Å². The molecule has 0 unspecified atom stereocenters. The highest BCUT2D eigenvalue weighted by atomic mass is 35.5. The molecule has 1 saturated heterocycles. The number of rotatable bonds is 7. The predicted octanol–water partition coefficient (Wildman–Crippen LogP) is 2.95. The largest absolute Gasteiger partial charge is 0.489 e. The maximum absolute atomic E-state index is 10.5. The number of aliphatic hydroxyl groups is 3. The van der Waals surface area contributed by atoms with Gasteiger partial charge < -0.3 is 29.5 Å². The van der Waals surface area contributed by atoms with E-state index in [1.807, 2.05) is 13.2 Å². The fourth-order valence-corrected chi connectivity index (χ4v) is 4.81. The fraction of sp³-hybridized carbons (Fsp3) is 0.714. The average Bonchev–Trinajstić information content (AvgIpc) is 2.72. The van der Waals surface area contributed by atoms with Crippen LogP contribution in [0.4, 0.5) is 0 Å². The van der Waals surface area contributed by atoms with E-state index >= 15 is 0 Å². The Balaban J connectivity index is 1.71. The first-order valence-corrected chi connectivity index (χ1v) is 12.0. The second-order valence-electron chi connectivity index (χ2n) is 7.68. The van der Waals surface area contributed by atoms with E-state index in [1.165, 1.54) is 11.8 Å². The van der Waals surface area contributed by atoms with Gasteiger partial charge in [0.05, 0.1) is 23.3 Å². The molecule has 0 radical (unpaired) electrons. The lowest BCUT2D eigenvalue weighted by molar-refractivity contribution is -0.218. The minimum absolute atomic E-state index is 0.0632. The molecule has 0 bridgehead atoms. The van der Waals surface area contributed by atoms with Crippen LogP contribution in [0.1, 0.15) is 44.3 Å². The lowest BCUT2D eigenvalue weighted by Gasteiger charge is -2.41. The van der Waals surface area contributed by atoms with Crippen molar-refractivity contribution in [1.29, 1.82) is 0 Å². The normalized spacial score (nSPS) is 35.4. The zero-order valence-electron chi connectivity index (χ0n) is 16.9. The summed E-state index contributed by atoms with van der Waals surface area (Å²) >= 11 is 7.86. The molecule has 1 saturated carbocycles. The monoisotopic (exact) mass is 446 g/mol. The Morgan fingerprint density at radius 2 is 1.76 bits per heavy atom. The quantitative estimate of drug-likeness (QED) is 0.593. The molecule has 6 nitrogen and oxygen atoms in total. The molecule has 1 aliphatic heterocycles. The summed E-state index contributed by atoms with van der Waals surface area (Å²) in [7, 11) is 0. The first-order chi connectivity index (χ1) is 13.9. The van der Waals surface area contributed by atoms with E-state index in [-0.39, 0.29) is 6.10 Å². The van der Waals surface area contributed by atoms with Gasteiger partial charge in [-0.15, -0.1) is 0 Å². The van der Waals surface area contributed by atoms with Gasteiger partial charge >= 0.3 is 0 Å². The molecule has 1 aromatic carbocycles. The Hall–Kier alpha value is -0.540. The van der Waals surface area contributed by atoms with Crippen LogP contribution in [0.15, 0.2) is 18.2 Å². The molecule has 3 N–H and O–H groups in total. The van der Waals surface area contributed by atoms with Gasteiger partial charge in [-0.3, -0.25) is 0 Å². The van der Waals surface area contributed by atoms with Crippen molar-refractivity contribution >= 4 is 23.4 Å². The average molecular weight is 447 g/mol. The third-order valence-electron chi connectivity index (χ3n) is 5.64. The summed E-state index contributed by atoms with van der Waals surface area (Å²) in [5, 5.41) is 31.4. The summed E-state index contributed by atoms with van der Waals surface area (Å²) in [4.78, 5) is 0. The molecule has 164 valence electrons. The topological polar surface area (TPSA) is 88.4 Å². The van der Waals surface area contributed by atoms with E-state index in [0.717, 1.165) is 32.3 Å². The van der Waals surface area contributed by atoms with Crippen LogP contribution in [0.3, 0.4) is 0 Å². The number of benzene rings is 1. The van der Waals surface area contributed by atoms with Gasteiger partial charge in [0.2, 0.25) is 0 Å². The minimum atomic E-state index is -1.28. The highest BCUT2D eigenvalue weighted by Crippen LogP contribution is 2.37. The van der Waals surface area contributed by atoms with Gasteiger partial charge in [-0.2, -0.15) is 11.8 Å². The molecular weight excluding hydrogens is 416 g/mol. The van der Waals surface area contributed by atoms with Gasteiger partial charge in [0, 0.05) is 12.4 Å². The number of hydrogen-bond donors (Lipinski definition) is 3. The third-order valence-corrected chi connectivity index (χ3v) is 6.62. The molecule has 0 spiro atoms. The lowest BCUT2D eigenvalue weighted by atomic mass is 9.91. The molecule has 1 aliphatic carbocycles. The number of aliphatic hydroxyl groups excluding tert-OH is 3. The summed E-state index contributed by atoms with van der Waals surface area (Å²) in [6.45, 7) is 2.74. The van der Waals surface area contributed by atoms with E-state index in [0.29, 0.717) is 28.2 Å². The summed E-state index contributed by atoms with van der Waals surface area (Å²) in [5.74, 6) is 1.06. The molecule has 0 amide bonds. The van der Waals surface area contributed by atoms with Crippen LogP contribution in [0.2, 0.25) is 5.02 Å². The molecule has 2 fully saturated rings. The molecule has 2 aliphatic rings. The van der Waals surface area contributed by atoms with E-state index < -0.39 is 30.5 Å². The summed E-state index contributed by atoms with van der Waals surface area (Å²) in [6, 6.07) is 5.25. The Bertz CT molecular complexity index is 654. The van der Waals surface area contributed by atoms with Crippen molar-refractivity contribution in [2.75, 3.05) is 18.6 Å². The summed E-state index contributed by atoms with van der Waals surface area (Å²) < 4.78 is 17.8. The molecule has 0 aromatic heterocycles. The van der Waals surface area contributed by atoms with Crippen molar-refractivity contribution in [3.05, 3.63) is 28.8 Å². The molecule has 8 heteroatoms. The molecule has 3 rings (SSSR count). The van der Waals surface area contributed by atoms with E-state index in [1.54, 1.807) is 18.2 Å². The maximum atomic E-state index is 10.5. The Morgan fingerprint density at radius 1 is 1.07 bits per heavy atom. The van der Waals surface area contributed by atoms with Crippen molar-refractivity contribution in [1.82, 2.24) is 0 Å². The van der Waals surface area contributed by atoms with Crippen LogP contribution in [0, 0.1) is 0 Å². The SMILES string of the molecule is CCOC1CCC(Oc2cc([C@@H]3O[C@H](CSC)[C@@H](O)[C@H](O)[C@H]3O)ccc2Cl)CC1. The first kappa shape index (κ1) is 23.1. The number of halogens is 1. The Morgan fingerprint density at radius 3 is 2.41 bits per heavy atom. The second-order valence-corrected chi connectivity index (χ2v) is 9.00. The van der Waals surface area contributed by atoms with Crippen LogP contribution in [0.25, 0.3) is 0 Å². The third kappa shape index (κ3) is 5.58. The smallest absolute Gasteiger partial charge is 0.138 e. The fourth-order valence-electron chi connectivity index (χ4n) is 4.05. The van der Waals surface area contributed by atoms with Gasteiger partial charge in [0.15, 0.2) is 0 Å². The number of hydrogen-bond acceptors (Lipinski definition) is 7. The van der Waals surface area contributed by atoms with Gasteiger partial charge in [-0.1, -0.05) is 17.7 Å². The van der Waals surface area contributed by atoms with Crippen molar-refractivity contribution in [3.8, 4) is 5.75 Å².